The molecule has 1 aromatic rings. The SMILES string of the molecule is COCCCNc1c(F)cccc1NN=C(C#N)C#N. The van der Waals surface area contributed by atoms with Gasteiger partial charge in [0.1, 0.15) is 18.0 Å². The van der Waals surface area contributed by atoms with Gasteiger partial charge >= 0.3 is 0 Å². The number of rotatable bonds is 7. The van der Waals surface area contributed by atoms with Crippen LogP contribution in [-0.2, 0) is 4.74 Å². The Morgan fingerprint density at radius 3 is 2.80 bits per heavy atom. The van der Waals surface area contributed by atoms with Gasteiger partial charge in [-0.2, -0.15) is 15.6 Å². The molecule has 0 aromatic heterocycles. The molecule has 0 atom stereocenters. The van der Waals surface area contributed by atoms with Crippen LogP contribution in [0.1, 0.15) is 6.42 Å². The van der Waals surface area contributed by atoms with Crippen molar-refractivity contribution in [1.82, 2.24) is 0 Å². The molecule has 0 amide bonds. The second-order valence-corrected chi connectivity index (χ2v) is 3.73. The fraction of sp³-hybridized carbons (Fsp3) is 0.308. The number of halogens is 1. The molecule has 0 unspecified atom stereocenters. The Morgan fingerprint density at radius 2 is 2.15 bits per heavy atom. The first kappa shape index (κ1) is 15.4. The van der Waals surface area contributed by atoms with Gasteiger partial charge in [0.15, 0.2) is 0 Å². The number of benzene rings is 1. The van der Waals surface area contributed by atoms with Crippen molar-refractivity contribution in [3.05, 3.63) is 24.0 Å². The van der Waals surface area contributed by atoms with Crippen LogP contribution >= 0.6 is 0 Å². The normalized spacial score (nSPS) is 9.20. The van der Waals surface area contributed by atoms with Crippen LogP contribution in [0.25, 0.3) is 0 Å². The number of nitriles is 2. The van der Waals surface area contributed by atoms with E-state index in [4.69, 9.17) is 15.3 Å². The lowest BCUT2D eigenvalue weighted by molar-refractivity contribution is 0.198. The zero-order valence-electron chi connectivity index (χ0n) is 11.0. The predicted octanol–water partition coefficient (Wildman–Crippen LogP) is 2.09. The Morgan fingerprint density at radius 1 is 1.40 bits per heavy atom. The minimum Gasteiger partial charge on any atom is -0.385 e. The number of ether oxygens (including phenoxy) is 1. The molecule has 0 radical (unpaired) electrons. The van der Waals surface area contributed by atoms with Crippen molar-refractivity contribution in [3.63, 3.8) is 0 Å². The number of para-hydroxylation sites is 1. The summed E-state index contributed by atoms with van der Waals surface area (Å²) in [5.41, 5.74) is 2.76. The molecular formula is C13H14FN5O. The van der Waals surface area contributed by atoms with Gasteiger partial charge < -0.3 is 10.1 Å². The number of nitrogens with one attached hydrogen (secondary N) is 2. The number of hydrogen-bond acceptors (Lipinski definition) is 6. The predicted molar refractivity (Wildman–Crippen MR) is 73.7 cm³/mol. The van der Waals surface area contributed by atoms with E-state index in [0.29, 0.717) is 18.8 Å². The standard InChI is InChI=1S/C13H14FN5O/c1-20-7-3-6-17-13-11(14)4-2-5-12(13)19-18-10(8-15)9-16/h2,4-5,17,19H,3,6-7H2,1H3. The van der Waals surface area contributed by atoms with Gasteiger partial charge in [-0.3, -0.25) is 5.43 Å². The van der Waals surface area contributed by atoms with Gasteiger partial charge in [-0.15, -0.1) is 0 Å². The average molecular weight is 275 g/mol. The summed E-state index contributed by atoms with van der Waals surface area (Å²) in [7, 11) is 1.59. The molecule has 0 aliphatic carbocycles. The van der Waals surface area contributed by atoms with E-state index in [0.717, 1.165) is 6.42 Å². The van der Waals surface area contributed by atoms with Crippen LogP contribution in [0.4, 0.5) is 15.8 Å². The topological polar surface area (TPSA) is 93.2 Å². The quantitative estimate of drug-likeness (QED) is 0.451. The molecule has 0 heterocycles. The lowest BCUT2D eigenvalue weighted by Gasteiger charge is -2.12. The lowest BCUT2D eigenvalue weighted by Crippen LogP contribution is -2.08. The second-order valence-electron chi connectivity index (χ2n) is 3.73. The molecule has 2 N–H and O–H groups in total. The summed E-state index contributed by atoms with van der Waals surface area (Å²) in [4.78, 5) is 0. The third-order valence-corrected chi connectivity index (χ3v) is 2.34. The first-order valence-electron chi connectivity index (χ1n) is 5.88. The number of hydrogen-bond donors (Lipinski definition) is 2. The Balaban J connectivity index is 2.81. The van der Waals surface area contributed by atoms with Crippen LogP contribution in [-0.4, -0.2) is 26.0 Å². The van der Waals surface area contributed by atoms with E-state index >= 15 is 0 Å². The molecule has 1 aromatic carbocycles. The summed E-state index contributed by atoms with van der Waals surface area (Å²) in [5, 5.41) is 23.7. The maximum absolute atomic E-state index is 13.7. The Bertz CT molecular complexity index is 543. The van der Waals surface area contributed by atoms with Crippen LogP contribution < -0.4 is 10.7 Å². The van der Waals surface area contributed by atoms with Crippen LogP contribution in [0.5, 0.6) is 0 Å². The highest BCUT2D eigenvalue weighted by molar-refractivity contribution is 6.10. The largest absolute Gasteiger partial charge is 0.385 e. The first-order valence-corrected chi connectivity index (χ1v) is 5.88. The highest BCUT2D eigenvalue weighted by Crippen LogP contribution is 2.24. The summed E-state index contributed by atoms with van der Waals surface area (Å²) >= 11 is 0. The summed E-state index contributed by atoms with van der Waals surface area (Å²) in [6.07, 6.45) is 0.717. The van der Waals surface area contributed by atoms with Gasteiger partial charge in [0, 0.05) is 20.3 Å². The van der Waals surface area contributed by atoms with Crippen molar-refractivity contribution in [3.8, 4) is 12.1 Å². The Labute approximate surface area is 116 Å². The van der Waals surface area contributed by atoms with Crippen molar-refractivity contribution >= 4 is 17.1 Å². The highest BCUT2D eigenvalue weighted by atomic mass is 19.1. The van der Waals surface area contributed by atoms with E-state index in [-0.39, 0.29) is 11.4 Å². The third-order valence-electron chi connectivity index (χ3n) is 2.34. The molecule has 7 heteroatoms. The van der Waals surface area contributed by atoms with Crippen molar-refractivity contribution in [1.29, 1.82) is 10.5 Å². The average Bonchev–Trinajstić information content (AvgIpc) is 2.46. The molecule has 0 spiro atoms. The third kappa shape index (κ3) is 4.56. The Kier molecular flexibility index (Phi) is 6.52. The van der Waals surface area contributed by atoms with E-state index in [1.54, 1.807) is 25.3 Å². The van der Waals surface area contributed by atoms with E-state index in [9.17, 15) is 4.39 Å². The second kappa shape index (κ2) is 8.46. The number of hydrazone groups is 1. The summed E-state index contributed by atoms with van der Waals surface area (Å²) < 4.78 is 18.6. The summed E-state index contributed by atoms with van der Waals surface area (Å²) in [6.45, 7) is 1.09. The van der Waals surface area contributed by atoms with Gasteiger partial charge in [-0.25, -0.2) is 4.39 Å². The van der Waals surface area contributed by atoms with Gasteiger partial charge in [0.25, 0.3) is 0 Å². The molecule has 0 aliphatic rings. The van der Waals surface area contributed by atoms with E-state index in [2.05, 4.69) is 15.8 Å². The monoisotopic (exact) mass is 275 g/mol. The van der Waals surface area contributed by atoms with E-state index in [1.807, 2.05) is 0 Å². The van der Waals surface area contributed by atoms with Crippen LogP contribution in [0.15, 0.2) is 23.3 Å². The molecule has 0 bridgehead atoms. The number of nitrogens with zero attached hydrogens (tertiary/aromatic N) is 3. The number of anilines is 2. The van der Waals surface area contributed by atoms with Crippen molar-refractivity contribution in [2.24, 2.45) is 5.10 Å². The molecule has 6 nitrogen and oxygen atoms in total. The van der Waals surface area contributed by atoms with Crippen molar-refractivity contribution < 1.29 is 9.13 Å². The molecule has 0 saturated heterocycles. The number of methoxy groups -OCH3 is 1. The molecular weight excluding hydrogens is 261 g/mol. The van der Waals surface area contributed by atoms with Gasteiger partial charge in [-0.05, 0) is 18.6 Å². The zero-order valence-corrected chi connectivity index (χ0v) is 11.0. The van der Waals surface area contributed by atoms with E-state index in [1.165, 1.54) is 12.1 Å². The summed E-state index contributed by atoms with van der Waals surface area (Å²) in [5.74, 6) is -0.446. The maximum atomic E-state index is 13.7. The minimum absolute atomic E-state index is 0.239. The first-order chi connectivity index (χ1) is 9.72. The van der Waals surface area contributed by atoms with Crippen LogP contribution in [0.3, 0.4) is 0 Å². The molecule has 1 rings (SSSR count). The minimum atomic E-state index is -0.446. The molecule has 0 fully saturated rings. The van der Waals surface area contributed by atoms with Gasteiger partial charge in [0.2, 0.25) is 5.71 Å². The molecule has 20 heavy (non-hydrogen) atoms. The van der Waals surface area contributed by atoms with Gasteiger partial charge in [-0.1, -0.05) is 6.07 Å². The van der Waals surface area contributed by atoms with Crippen molar-refractivity contribution in [2.45, 2.75) is 6.42 Å². The van der Waals surface area contributed by atoms with E-state index < -0.39 is 5.82 Å². The van der Waals surface area contributed by atoms with Crippen LogP contribution in [0.2, 0.25) is 0 Å². The molecule has 0 aliphatic heterocycles. The summed E-state index contributed by atoms with van der Waals surface area (Å²) in [6, 6.07) is 7.63. The smallest absolute Gasteiger partial charge is 0.237 e. The van der Waals surface area contributed by atoms with Gasteiger partial charge in [0.05, 0.1) is 11.4 Å². The zero-order chi connectivity index (χ0) is 14.8. The van der Waals surface area contributed by atoms with Crippen molar-refractivity contribution in [2.75, 3.05) is 31.0 Å². The molecule has 104 valence electrons. The Hall–Kier alpha value is -2.64. The highest BCUT2D eigenvalue weighted by Gasteiger charge is 2.07. The van der Waals surface area contributed by atoms with Crippen LogP contribution in [0, 0.1) is 28.5 Å². The lowest BCUT2D eigenvalue weighted by atomic mass is 10.2. The maximum Gasteiger partial charge on any atom is 0.237 e. The molecule has 0 saturated carbocycles. The fourth-order valence-electron chi connectivity index (χ4n) is 1.42. The fourth-order valence-corrected chi connectivity index (χ4v) is 1.42.